The van der Waals surface area contributed by atoms with E-state index < -0.39 is 0 Å². The van der Waals surface area contributed by atoms with Gasteiger partial charge < -0.3 is 10.2 Å². The highest BCUT2D eigenvalue weighted by Gasteiger charge is 2.17. The molecule has 1 atom stereocenters. The summed E-state index contributed by atoms with van der Waals surface area (Å²) in [5.74, 6) is 0. The molecule has 106 valence electrons. The fraction of sp³-hybridized carbons (Fsp3) is 0.625. The molecule has 19 heavy (non-hydrogen) atoms. The van der Waals surface area contributed by atoms with E-state index in [1.165, 1.54) is 37.2 Å². The lowest BCUT2D eigenvalue weighted by Crippen LogP contribution is -2.37. The van der Waals surface area contributed by atoms with Gasteiger partial charge >= 0.3 is 0 Å². The Kier molecular flexibility index (Phi) is 5.23. The van der Waals surface area contributed by atoms with E-state index in [0.717, 1.165) is 13.1 Å². The van der Waals surface area contributed by atoms with Crippen molar-refractivity contribution in [3.63, 3.8) is 0 Å². The van der Waals surface area contributed by atoms with Crippen LogP contribution in [0, 0.1) is 0 Å². The highest BCUT2D eigenvalue weighted by atomic mass is 15.1. The van der Waals surface area contributed by atoms with Crippen LogP contribution in [0.4, 0.5) is 5.69 Å². The maximum atomic E-state index is 3.58. The summed E-state index contributed by atoms with van der Waals surface area (Å²) in [7, 11) is 4.16. The van der Waals surface area contributed by atoms with Crippen molar-refractivity contribution >= 4 is 5.69 Å². The molecule has 1 N–H and O–H groups in total. The van der Waals surface area contributed by atoms with Gasteiger partial charge in [-0.25, -0.2) is 0 Å². The number of likely N-dealkylation sites (N-methyl/N-ethyl adjacent to an activating group) is 1. The number of nitrogens with zero attached hydrogens (tertiary/aromatic N) is 2. The molecule has 1 aliphatic rings. The zero-order valence-corrected chi connectivity index (χ0v) is 12.5. The highest BCUT2D eigenvalue weighted by Crippen LogP contribution is 2.15. The minimum absolute atomic E-state index is 0.695. The van der Waals surface area contributed by atoms with E-state index in [4.69, 9.17) is 0 Å². The van der Waals surface area contributed by atoms with Crippen molar-refractivity contribution in [2.24, 2.45) is 0 Å². The molecule has 1 heterocycles. The van der Waals surface area contributed by atoms with Gasteiger partial charge in [-0.15, -0.1) is 0 Å². The first kappa shape index (κ1) is 14.4. The van der Waals surface area contributed by atoms with Crippen molar-refractivity contribution in [3.05, 3.63) is 29.8 Å². The molecular weight excluding hydrogens is 234 g/mol. The van der Waals surface area contributed by atoms with Gasteiger partial charge in [0.25, 0.3) is 0 Å². The van der Waals surface area contributed by atoms with Crippen LogP contribution in [0.1, 0.15) is 25.3 Å². The third-order valence-electron chi connectivity index (χ3n) is 3.95. The Morgan fingerprint density at radius 2 is 1.95 bits per heavy atom. The molecule has 0 aromatic heterocycles. The molecule has 0 aliphatic carbocycles. The van der Waals surface area contributed by atoms with Crippen LogP contribution in [0.2, 0.25) is 0 Å². The van der Waals surface area contributed by atoms with Crippen LogP contribution in [-0.2, 0) is 6.54 Å². The van der Waals surface area contributed by atoms with Gasteiger partial charge in [0.15, 0.2) is 0 Å². The third-order valence-corrected chi connectivity index (χ3v) is 3.95. The molecule has 2 rings (SSSR count). The molecule has 3 nitrogen and oxygen atoms in total. The Morgan fingerprint density at radius 1 is 1.21 bits per heavy atom. The lowest BCUT2D eigenvalue weighted by Gasteiger charge is -2.24. The van der Waals surface area contributed by atoms with Gasteiger partial charge in [-0.2, -0.15) is 0 Å². The lowest BCUT2D eigenvalue weighted by molar-refractivity contribution is 0.253. The minimum atomic E-state index is 0.695. The number of hydrogen-bond acceptors (Lipinski definition) is 3. The van der Waals surface area contributed by atoms with E-state index in [9.17, 15) is 0 Å². The Morgan fingerprint density at radius 3 is 2.47 bits per heavy atom. The van der Waals surface area contributed by atoms with E-state index in [1.807, 2.05) is 0 Å². The van der Waals surface area contributed by atoms with Crippen molar-refractivity contribution in [3.8, 4) is 0 Å². The van der Waals surface area contributed by atoms with Crippen molar-refractivity contribution in [2.75, 3.05) is 38.6 Å². The summed E-state index contributed by atoms with van der Waals surface area (Å²) in [6, 6.07) is 9.61. The molecule has 1 aromatic carbocycles. The van der Waals surface area contributed by atoms with E-state index in [-0.39, 0.29) is 0 Å². The van der Waals surface area contributed by atoms with E-state index in [0.29, 0.717) is 6.04 Å². The number of hydrogen-bond donors (Lipinski definition) is 1. The molecule has 1 aromatic rings. The summed E-state index contributed by atoms with van der Waals surface area (Å²) in [5.41, 5.74) is 2.68. The van der Waals surface area contributed by atoms with E-state index >= 15 is 0 Å². The maximum Gasteiger partial charge on any atom is 0.0361 e. The zero-order chi connectivity index (χ0) is 13.7. The number of rotatable bonds is 6. The van der Waals surface area contributed by atoms with Crippen LogP contribution < -0.4 is 10.2 Å². The second-order valence-electron chi connectivity index (χ2n) is 5.68. The van der Waals surface area contributed by atoms with Gasteiger partial charge in [0.05, 0.1) is 0 Å². The topological polar surface area (TPSA) is 18.5 Å². The standard InChI is InChI=1S/C16H27N3/c1-4-19(13-15-6-5-11-17-15)12-14-7-9-16(10-8-14)18(2)3/h7-10,15,17H,4-6,11-13H2,1-3H3. The molecule has 0 radical (unpaired) electrons. The van der Waals surface area contributed by atoms with Gasteiger partial charge in [0, 0.05) is 38.9 Å². The van der Waals surface area contributed by atoms with Crippen molar-refractivity contribution in [1.82, 2.24) is 10.2 Å². The second kappa shape index (κ2) is 6.92. The van der Waals surface area contributed by atoms with Gasteiger partial charge in [-0.05, 0) is 43.6 Å². The van der Waals surface area contributed by atoms with Crippen molar-refractivity contribution in [1.29, 1.82) is 0 Å². The zero-order valence-electron chi connectivity index (χ0n) is 12.5. The molecule has 1 saturated heterocycles. The van der Waals surface area contributed by atoms with E-state index in [1.54, 1.807) is 0 Å². The molecule has 1 aliphatic heterocycles. The Hall–Kier alpha value is -1.06. The Bertz CT molecular complexity index is 366. The Labute approximate surface area is 117 Å². The van der Waals surface area contributed by atoms with E-state index in [2.05, 4.69) is 60.4 Å². The largest absolute Gasteiger partial charge is 0.378 e. The first-order chi connectivity index (χ1) is 9.19. The summed E-state index contributed by atoms with van der Waals surface area (Å²) in [5, 5.41) is 3.58. The average molecular weight is 261 g/mol. The van der Waals surface area contributed by atoms with Crippen LogP contribution >= 0.6 is 0 Å². The number of nitrogens with one attached hydrogen (secondary N) is 1. The number of benzene rings is 1. The molecule has 0 spiro atoms. The van der Waals surface area contributed by atoms with Crippen LogP contribution in [0.3, 0.4) is 0 Å². The molecule has 3 heteroatoms. The van der Waals surface area contributed by atoms with Crippen LogP contribution in [0.5, 0.6) is 0 Å². The maximum absolute atomic E-state index is 3.58. The van der Waals surface area contributed by atoms with Gasteiger partial charge in [-0.1, -0.05) is 19.1 Å². The highest BCUT2D eigenvalue weighted by molar-refractivity contribution is 5.45. The summed E-state index contributed by atoms with van der Waals surface area (Å²) >= 11 is 0. The minimum Gasteiger partial charge on any atom is -0.378 e. The molecule has 0 bridgehead atoms. The SMILES string of the molecule is CCN(Cc1ccc(N(C)C)cc1)CC1CCCN1. The lowest BCUT2D eigenvalue weighted by atomic mass is 10.1. The monoisotopic (exact) mass is 261 g/mol. The first-order valence-corrected chi connectivity index (χ1v) is 7.41. The first-order valence-electron chi connectivity index (χ1n) is 7.41. The molecule has 1 fully saturated rings. The molecule has 0 amide bonds. The molecule has 1 unspecified atom stereocenters. The smallest absolute Gasteiger partial charge is 0.0361 e. The van der Waals surface area contributed by atoms with Crippen molar-refractivity contribution in [2.45, 2.75) is 32.4 Å². The summed E-state index contributed by atoms with van der Waals surface area (Å²) in [6.45, 7) is 6.80. The Balaban J connectivity index is 1.89. The summed E-state index contributed by atoms with van der Waals surface area (Å²) in [4.78, 5) is 4.68. The molecular formula is C16H27N3. The molecule has 0 saturated carbocycles. The van der Waals surface area contributed by atoms with Crippen LogP contribution in [0.25, 0.3) is 0 Å². The van der Waals surface area contributed by atoms with Gasteiger partial charge in [0.2, 0.25) is 0 Å². The normalized spacial score (nSPS) is 19.1. The fourth-order valence-corrected chi connectivity index (χ4v) is 2.69. The average Bonchev–Trinajstić information content (AvgIpc) is 2.91. The van der Waals surface area contributed by atoms with Crippen LogP contribution in [0.15, 0.2) is 24.3 Å². The third kappa shape index (κ3) is 4.22. The van der Waals surface area contributed by atoms with Gasteiger partial charge in [-0.3, -0.25) is 4.90 Å². The predicted octanol–water partition coefficient (Wildman–Crippen LogP) is 2.33. The fourth-order valence-electron chi connectivity index (χ4n) is 2.69. The predicted molar refractivity (Wildman–Crippen MR) is 82.7 cm³/mol. The summed E-state index contributed by atoms with van der Waals surface area (Å²) < 4.78 is 0. The quantitative estimate of drug-likeness (QED) is 0.848. The number of anilines is 1. The second-order valence-corrected chi connectivity index (χ2v) is 5.68. The van der Waals surface area contributed by atoms with Gasteiger partial charge in [0.1, 0.15) is 0 Å². The summed E-state index contributed by atoms with van der Waals surface area (Å²) in [6.07, 6.45) is 2.66. The van der Waals surface area contributed by atoms with Crippen LogP contribution in [-0.4, -0.2) is 44.7 Å². The van der Waals surface area contributed by atoms with Crippen molar-refractivity contribution < 1.29 is 0 Å².